The summed E-state index contributed by atoms with van der Waals surface area (Å²) in [4.78, 5) is 12.2. The molecule has 1 heterocycles. The predicted octanol–water partition coefficient (Wildman–Crippen LogP) is 2.71. The predicted molar refractivity (Wildman–Crippen MR) is 88.5 cm³/mol. The number of hydrogen-bond donors (Lipinski definition) is 2. The van der Waals surface area contributed by atoms with Crippen molar-refractivity contribution in [1.82, 2.24) is 5.32 Å². The van der Waals surface area contributed by atoms with E-state index >= 15 is 0 Å². The number of piperidine rings is 1. The maximum atomic E-state index is 12.2. The number of esters is 1. The molecule has 2 rings (SSSR count). The van der Waals surface area contributed by atoms with Crippen molar-refractivity contribution in [3.05, 3.63) is 35.4 Å². The van der Waals surface area contributed by atoms with Crippen LogP contribution in [0.4, 0.5) is 0 Å². The molecule has 22 heavy (non-hydrogen) atoms. The third kappa shape index (κ3) is 4.55. The zero-order chi connectivity index (χ0) is 16.2. The molecule has 1 aliphatic heterocycles. The summed E-state index contributed by atoms with van der Waals surface area (Å²) >= 11 is 0. The average Bonchev–Trinajstić information content (AvgIpc) is 2.48. The van der Waals surface area contributed by atoms with Gasteiger partial charge < -0.3 is 15.8 Å². The Bertz CT molecular complexity index is 490. The van der Waals surface area contributed by atoms with Gasteiger partial charge in [0.05, 0.1) is 6.42 Å². The van der Waals surface area contributed by atoms with E-state index < -0.39 is 5.60 Å². The van der Waals surface area contributed by atoms with Crippen molar-refractivity contribution in [3.63, 3.8) is 0 Å². The highest BCUT2D eigenvalue weighted by Gasteiger charge is 2.34. The van der Waals surface area contributed by atoms with Crippen molar-refractivity contribution in [1.29, 1.82) is 0 Å². The van der Waals surface area contributed by atoms with E-state index in [1.807, 2.05) is 45.0 Å². The van der Waals surface area contributed by atoms with E-state index in [4.69, 9.17) is 10.5 Å². The molecule has 0 spiro atoms. The summed E-state index contributed by atoms with van der Waals surface area (Å²) in [5.74, 6) is 0.199. The van der Waals surface area contributed by atoms with E-state index in [9.17, 15) is 4.79 Å². The van der Waals surface area contributed by atoms with Crippen molar-refractivity contribution in [2.45, 2.75) is 51.7 Å². The molecule has 3 N–H and O–H groups in total. The fraction of sp³-hybridized carbons (Fsp3) is 0.611. The molecule has 0 bridgehead atoms. The van der Waals surface area contributed by atoms with Crippen molar-refractivity contribution in [2.75, 3.05) is 13.1 Å². The lowest BCUT2D eigenvalue weighted by atomic mass is 9.83. The monoisotopic (exact) mass is 304 g/mol. The maximum absolute atomic E-state index is 12.2. The highest BCUT2D eigenvalue weighted by atomic mass is 16.6. The summed E-state index contributed by atoms with van der Waals surface area (Å²) in [5.41, 5.74) is 7.87. The van der Waals surface area contributed by atoms with Gasteiger partial charge >= 0.3 is 5.97 Å². The van der Waals surface area contributed by atoms with Crippen LogP contribution in [0.15, 0.2) is 24.3 Å². The number of nitrogens with one attached hydrogen (secondary N) is 1. The van der Waals surface area contributed by atoms with Gasteiger partial charge in [0.15, 0.2) is 0 Å². The molecule has 0 saturated carbocycles. The van der Waals surface area contributed by atoms with E-state index in [-0.39, 0.29) is 18.4 Å². The molecule has 1 atom stereocenters. The third-order valence-electron chi connectivity index (χ3n) is 4.59. The minimum Gasteiger partial charge on any atom is -0.459 e. The summed E-state index contributed by atoms with van der Waals surface area (Å²) in [6, 6.07) is 7.67. The molecule has 4 heteroatoms. The Morgan fingerprint density at radius 3 is 2.50 bits per heavy atom. The molecule has 1 fully saturated rings. The van der Waals surface area contributed by atoms with Gasteiger partial charge in [0.1, 0.15) is 5.60 Å². The van der Waals surface area contributed by atoms with E-state index in [2.05, 4.69) is 5.32 Å². The molecular formula is C18H28N2O2. The number of hydrogen-bond acceptors (Lipinski definition) is 4. The second kappa shape index (κ2) is 7.25. The van der Waals surface area contributed by atoms with Gasteiger partial charge in [-0.2, -0.15) is 0 Å². The van der Waals surface area contributed by atoms with Crippen LogP contribution >= 0.6 is 0 Å². The van der Waals surface area contributed by atoms with Crippen molar-refractivity contribution in [3.8, 4) is 0 Å². The number of ether oxygens (including phenoxy) is 1. The fourth-order valence-corrected chi connectivity index (χ4v) is 3.05. The van der Waals surface area contributed by atoms with E-state index in [1.165, 1.54) is 5.56 Å². The summed E-state index contributed by atoms with van der Waals surface area (Å²) < 4.78 is 5.75. The molecule has 1 saturated heterocycles. The van der Waals surface area contributed by atoms with Crippen LogP contribution < -0.4 is 11.1 Å². The Balaban J connectivity index is 1.89. The van der Waals surface area contributed by atoms with Crippen LogP contribution in [0.2, 0.25) is 0 Å². The lowest BCUT2D eigenvalue weighted by Crippen LogP contribution is -2.43. The maximum Gasteiger partial charge on any atom is 0.308 e. The Labute approximate surface area is 133 Å². The first-order valence-electron chi connectivity index (χ1n) is 8.13. The fourth-order valence-electron chi connectivity index (χ4n) is 3.05. The van der Waals surface area contributed by atoms with Gasteiger partial charge in [0.2, 0.25) is 0 Å². The van der Waals surface area contributed by atoms with Crippen molar-refractivity contribution < 1.29 is 9.53 Å². The SMILES string of the molecule is Cc1ccc(C(N)CC(=O)OC(C)(C)C2CCNCC2)cc1. The van der Waals surface area contributed by atoms with Crippen LogP contribution in [0.3, 0.4) is 0 Å². The first-order valence-corrected chi connectivity index (χ1v) is 8.13. The van der Waals surface area contributed by atoms with E-state index in [0.717, 1.165) is 31.5 Å². The number of rotatable bonds is 5. The minimum absolute atomic E-state index is 0.211. The molecule has 1 unspecified atom stereocenters. The van der Waals surface area contributed by atoms with Crippen LogP contribution in [0.25, 0.3) is 0 Å². The Kier molecular flexibility index (Phi) is 5.59. The zero-order valence-electron chi connectivity index (χ0n) is 13.9. The largest absolute Gasteiger partial charge is 0.459 e. The lowest BCUT2D eigenvalue weighted by Gasteiger charge is -2.37. The molecule has 0 aliphatic carbocycles. The molecule has 4 nitrogen and oxygen atoms in total. The van der Waals surface area contributed by atoms with Crippen molar-refractivity contribution >= 4 is 5.97 Å². The first kappa shape index (κ1) is 17.0. The number of nitrogens with two attached hydrogens (primary N) is 1. The van der Waals surface area contributed by atoms with Gasteiger partial charge in [0.25, 0.3) is 0 Å². The quantitative estimate of drug-likeness (QED) is 0.821. The summed E-state index contributed by atoms with van der Waals surface area (Å²) in [6.07, 6.45) is 2.31. The van der Waals surface area contributed by atoms with Gasteiger partial charge in [-0.25, -0.2) is 0 Å². The highest BCUT2D eigenvalue weighted by molar-refractivity contribution is 5.71. The normalized spacial score (nSPS) is 18.0. The molecule has 1 aliphatic rings. The van der Waals surface area contributed by atoms with Crippen LogP contribution in [0.1, 0.15) is 50.3 Å². The smallest absolute Gasteiger partial charge is 0.308 e. The Hall–Kier alpha value is -1.39. The summed E-state index contributed by atoms with van der Waals surface area (Å²) in [5, 5.41) is 3.34. The number of carbonyl (C=O) groups is 1. The van der Waals surface area contributed by atoms with Gasteiger partial charge in [-0.1, -0.05) is 29.8 Å². The average molecular weight is 304 g/mol. The molecular weight excluding hydrogens is 276 g/mol. The van der Waals surface area contributed by atoms with Crippen LogP contribution in [-0.2, 0) is 9.53 Å². The number of carbonyl (C=O) groups excluding carboxylic acids is 1. The molecule has 1 aromatic carbocycles. The summed E-state index contributed by atoms with van der Waals surface area (Å²) in [7, 11) is 0. The van der Waals surface area contributed by atoms with Crippen LogP contribution in [0.5, 0.6) is 0 Å². The van der Waals surface area contributed by atoms with E-state index in [0.29, 0.717) is 5.92 Å². The van der Waals surface area contributed by atoms with Gasteiger partial charge in [-0.3, -0.25) is 4.79 Å². The van der Waals surface area contributed by atoms with Gasteiger partial charge in [-0.15, -0.1) is 0 Å². The summed E-state index contributed by atoms with van der Waals surface area (Å²) in [6.45, 7) is 8.05. The minimum atomic E-state index is -0.424. The zero-order valence-corrected chi connectivity index (χ0v) is 13.9. The molecule has 1 aromatic rings. The Morgan fingerprint density at radius 1 is 1.32 bits per heavy atom. The van der Waals surface area contributed by atoms with Crippen molar-refractivity contribution in [2.24, 2.45) is 11.7 Å². The van der Waals surface area contributed by atoms with Gasteiger partial charge in [-0.05, 0) is 52.3 Å². The van der Waals surface area contributed by atoms with Crippen LogP contribution in [0, 0.1) is 12.8 Å². The Morgan fingerprint density at radius 2 is 1.91 bits per heavy atom. The standard InChI is InChI=1S/C18H28N2O2/c1-13-4-6-14(7-5-13)16(19)12-17(21)22-18(2,3)15-8-10-20-11-9-15/h4-7,15-16,20H,8-12,19H2,1-3H3. The third-order valence-corrected chi connectivity index (χ3v) is 4.59. The molecule has 0 amide bonds. The lowest BCUT2D eigenvalue weighted by molar-refractivity contribution is -0.163. The van der Waals surface area contributed by atoms with E-state index in [1.54, 1.807) is 0 Å². The second-order valence-corrected chi connectivity index (χ2v) is 6.82. The van der Waals surface area contributed by atoms with Gasteiger partial charge in [0, 0.05) is 12.0 Å². The molecule has 0 aromatic heterocycles. The first-order chi connectivity index (χ1) is 10.4. The number of aryl methyl sites for hydroxylation is 1. The second-order valence-electron chi connectivity index (χ2n) is 6.82. The highest BCUT2D eigenvalue weighted by Crippen LogP contribution is 2.30. The number of benzene rings is 1. The van der Waals surface area contributed by atoms with Crippen LogP contribution in [-0.4, -0.2) is 24.7 Å². The molecule has 0 radical (unpaired) electrons. The topological polar surface area (TPSA) is 64.4 Å². The molecule has 122 valence electrons.